The molecule has 2 aromatic carbocycles. The molecule has 0 aliphatic carbocycles. The van der Waals surface area contributed by atoms with Gasteiger partial charge >= 0.3 is 5.97 Å². The summed E-state index contributed by atoms with van der Waals surface area (Å²) < 4.78 is 6.37. The van der Waals surface area contributed by atoms with Crippen LogP contribution in [-0.4, -0.2) is 11.1 Å². The number of aromatic carboxylic acids is 1. The molecule has 1 N–H and O–H groups in total. The fraction of sp³-hybridized carbons (Fsp3) is 0.0714. The van der Waals surface area contributed by atoms with E-state index in [4.69, 9.17) is 21.4 Å². The zero-order chi connectivity index (χ0) is 13.8. The number of ether oxygens (including phenoxy) is 1. The van der Waals surface area contributed by atoms with E-state index in [9.17, 15) is 4.79 Å². The molecule has 0 saturated carbocycles. The Labute approximate surface area is 123 Å². The predicted molar refractivity (Wildman–Crippen MR) is 76.9 cm³/mol. The first-order valence-electron chi connectivity index (χ1n) is 5.46. The van der Waals surface area contributed by atoms with Crippen molar-refractivity contribution in [3.05, 3.63) is 63.1 Å². The maximum atomic E-state index is 10.9. The molecule has 0 saturated heterocycles. The molecule has 0 atom stereocenters. The van der Waals surface area contributed by atoms with Gasteiger partial charge in [-0.1, -0.05) is 23.7 Å². The van der Waals surface area contributed by atoms with Crippen molar-refractivity contribution in [2.45, 2.75) is 6.61 Å². The van der Waals surface area contributed by atoms with Crippen LogP contribution in [-0.2, 0) is 6.61 Å². The Morgan fingerprint density at radius 2 is 2.05 bits per heavy atom. The smallest absolute Gasteiger partial charge is 0.335 e. The summed E-state index contributed by atoms with van der Waals surface area (Å²) in [6.45, 7) is 0.293. The quantitative estimate of drug-likeness (QED) is 0.897. The summed E-state index contributed by atoms with van der Waals surface area (Å²) in [7, 11) is 0. The molecule has 5 heteroatoms. The Bertz CT molecular complexity index is 613. The summed E-state index contributed by atoms with van der Waals surface area (Å²) in [6, 6.07) is 11.9. The zero-order valence-corrected chi connectivity index (χ0v) is 12.1. The van der Waals surface area contributed by atoms with E-state index in [2.05, 4.69) is 15.9 Å². The van der Waals surface area contributed by atoms with E-state index in [1.165, 1.54) is 0 Å². The van der Waals surface area contributed by atoms with Crippen LogP contribution in [0.1, 0.15) is 15.9 Å². The van der Waals surface area contributed by atoms with E-state index in [1.54, 1.807) is 36.4 Å². The molecule has 0 bridgehead atoms. The highest BCUT2D eigenvalue weighted by Crippen LogP contribution is 2.28. The molecule has 0 spiro atoms. The molecule has 2 rings (SSSR count). The van der Waals surface area contributed by atoms with Crippen molar-refractivity contribution < 1.29 is 14.6 Å². The molecule has 0 amide bonds. The number of carbonyl (C=O) groups is 1. The van der Waals surface area contributed by atoms with Gasteiger partial charge in [0.05, 0.1) is 10.0 Å². The van der Waals surface area contributed by atoms with Crippen molar-refractivity contribution in [2.75, 3.05) is 0 Å². The van der Waals surface area contributed by atoms with Crippen LogP contribution in [0.4, 0.5) is 0 Å². The standard InChI is InChI=1S/C14H10BrClO3/c15-12-7-11(16)4-5-13(12)19-8-9-2-1-3-10(6-9)14(17)18/h1-7H,8H2,(H,17,18). The van der Waals surface area contributed by atoms with Crippen LogP contribution in [0, 0.1) is 0 Å². The molecule has 0 radical (unpaired) electrons. The summed E-state index contributed by atoms with van der Waals surface area (Å²) in [4.78, 5) is 10.9. The van der Waals surface area contributed by atoms with Crippen LogP contribution in [0.3, 0.4) is 0 Å². The molecule has 2 aromatic rings. The van der Waals surface area contributed by atoms with Gasteiger partial charge in [-0.05, 0) is 51.8 Å². The Balaban J connectivity index is 2.10. The molecular formula is C14H10BrClO3. The van der Waals surface area contributed by atoms with Gasteiger partial charge in [0.25, 0.3) is 0 Å². The van der Waals surface area contributed by atoms with Gasteiger partial charge in [-0.25, -0.2) is 4.79 Å². The fourth-order valence-electron chi connectivity index (χ4n) is 1.55. The Morgan fingerprint density at radius 3 is 2.74 bits per heavy atom. The van der Waals surface area contributed by atoms with E-state index in [0.717, 1.165) is 10.0 Å². The van der Waals surface area contributed by atoms with Gasteiger partial charge in [0.15, 0.2) is 0 Å². The molecule has 0 aliphatic heterocycles. The number of hydrogen-bond donors (Lipinski definition) is 1. The normalized spacial score (nSPS) is 10.2. The third kappa shape index (κ3) is 3.72. The maximum Gasteiger partial charge on any atom is 0.335 e. The first kappa shape index (κ1) is 13.9. The van der Waals surface area contributed by atoms with Gasteiger partial charge in [-0.15, -0.1) is 0 Å². The molecule has 19 heavy (non-hydrogen) atoms. The lowest BCUT2D eigenvalue weighted by atomic mass is 10.1. The van der Waals surface area contributed by atoms with Gasteiger partial charge in [0, 0.05) is 5.02 Å². The molecule has 0 heterocycles. The molecular weight excluding hydrogens is 332 g/mol. The molecule has 3 nitrogen and oxygen atoms in total. The van der Waals surface area contributed by atoms with Gasteiger partial charge < -0.3 is 9.84 Å². The molecule has 0 aromatic heterocycles. The van der Waals surface area contributed by atoms with Crippen molar-refractivity contribution in [1.29, 1.82) is 0 Å². The Morgan fingerprint density at radius 1 is 1.26 bits per heavy atom. The molecule has 0 fully saturated rings. The minimum absolute atomic E-state index is 0.247. The Hall–Kier alpha value is -1.52. The second-order valence-corrected chi connectivity index (χ2v) is 5.16. The highest BCUT2D eigenvalue weighted by Gasteiger charge is 2.05. The second-order valence-electron chi connectivity index (χ2n) is 3.87. The monoisotopic (exact) mass is 340 g/mol. The van der Waals surface area contributed by atoms with Crippen LogP contribution in [0.5, 0.6) is 5.75 Å². The predicted octanol–water partition coefficient (Wildman–Crippen LogP) is 4.38. The average molecular weight is 342 g/mol. The maximum absolute atomic E-state index is 10.9. The van der Waals surface area contributed by atoms with Crippen LogP contribution in [0.25, 0.3) is 0 Å². The summed E-state index contributed by atoms with van der Waals surface area (Å²) in [5.74, 6) is -0.292. The van der Waals surface area contributed by atoms with Gasteiger partial charge in [0.1, 0.15) is 12.4 Å². The van der Waals surface area contributed by atoms with Crippen molar-refractivity contribution in [1.82, 2.24) is 0 Å². The summed E-state index contributed by atoms with van der Waals surface area (Å²) in [6.07, 6.45) is 0. The van der Waals surface area contributed by atoms with Crippen LogP contribution in [0.15, 0.2) is 46.9 Å². The van der Waals surface area contributed by atoms with Gasteiger partial charge in [-0.3, -0.25) is 0 Å². The van der Waals surface area contributed by atoms with E-state index >= 15 is 0 Å². The lowest BCUT2D eigenvalue weighted by Crippen LogP contribution is -2.00. The van der Waals surface area contributed by atoms with Crippen LogP contribution >= 0.6 is 27.5 Å². The lowest BCUT2D eigenvalue weighted by molar-refractivity contribution is 0.0696. The minimum atomic E-state index is -0.950. The summed E-state index contributed by atoms with van der Waals surface area (Å²) in [5, 5.41) is 9.52. The number of halogens is 2. The lowest BCUT2D eigenvalue weighted by Gasteiger charge is -2.09. The van der Waals surface area contributed by atoms with Crippen molar-refractivity contribution in [2.24, 2.45) is 0 Å². The fourth-order valence-corrected chi connectivity index (χ4v) is 2.34. The minimum Gasteiger partial charge on any atom is -0.488 e. The second kappa shape index (κ2) is 6.08. The van der Waals surface area contributed by atoms with E-state index < -0.39 is 5.97 Å². The van der Waals surface area contributed by atoms with Crippen LogP contribution < -0.4 is 4.74 Å². The van der Waals surface area contributed by atoms with E-state index in [1.807, 2.05) is 6.07 Å². The van der Waals surface area contributed by atoms with Crippen molar-refractivity contribution in [3.63, 3.8) is 0 Å². The van der Waals surface area contributed by atoms with Crippen molar-refractivity contribution >= 4 is 33.5 Å². The topological polar surface area (TPSA) is 46.5 Å². The third-order valence-electron chi connectivity index (χ3n) is 2.46. The summed E-state index contributed by atoms with van der Waals surface area (Å²) in [5.41, 5.74) is 1.04. The molecule has 0 unspecified atom stereocenters. The SMILES string of the molecule is O=C(O)c1cccc(COc2ccc(Cl)cc2Br)c1. The highest BCUT2D eigenvalue weighted by atomic mass is 79.9. The number of hydrogen-bond acceptors (Lipinski definition) is 2. The third-order valence-corrected chi connectivity index (χ3v) is 3.32. The van der Waals surface area contributed by atoms with E-state index in [-0.39, 0.29) is 5.56 Å². The number of carboxylic acids is 1. The molecule has 98 valence electrons. The largest absolute Gasteiger partial charge is 0.488 e. The molecule has 0 aliphatic rings. The number of carboxylic acid groups (broad SMARTS) is 1. The summed E-state index contributed by atoms with van der Waals surface area (Å²) >= 11 is 9.19. The Kier molecular flexibility index (Phi) is 4.45. The first-order valence-corrected chi connectivity index (χ1v) is 6.63. The zero-order valence-electron chi connectivity index (χ0n) is 9.77. The number of benzene rings is 2. The average Bonchev–Trinajstić information content (AvgIpc) is 2.38. The van der Waals surface area contributed by atoms with E-state index in [0.29, 0.717) is 17.4 Å². The first-order chi connectivity index (χ1) is 9.06. The number of rotatable bonds is 4. The van der Waals surface area contributed by atoms with Crippen LogP contribution in [0.2, 0.25) is 5.02 Å². The van der Waals surface area contributed by atoms with Crippen molar-refractivity contribution in [3.8, 4) is 5.75 Å². The van der Waals surface area contributed by atoms with Gasteiger partial charge in [-0.2, -0.15) is 0 Å². The van der Waals surface area contributed by atoms with Gasteiger partial charge in [0.2, 0.25) is 0 Å². The highest BCUT2D eigenvalue weighted by molar-refractivity contribution is 9.10.